The van der Waals surface area contributed by atoms with Crippen LogP contribution in [0.2, 0.25) is 18.1 Å². The van der Waals surface area contributed by atoms with Crippen molar-refractivity contribution in [3.05, 3.63) is 12.2 Å². The van der Waals surface area contributed by atoms with Crippen molar-refractivity contribution >= 4 is 20.1 Å². The first-order chi connectivity index (χ1) is 15.4. The summed E-state index contributed by atoms with van der Waals surface area (Å²) in [6.07, 6.45) is 13.0. The Balaban J connectivity index is 2.80. The summed E-state index contributed by atoms with van der Waals surface area (Å²) in [7, 11) is -0.587. The van der Waals surface area contributed by atoms with Gasteiger partial charge in [-0.05, 0) is 37.4 Å². The summed E-state index contributed by atoms with van der Waals surface area (Å²) >= 11 is 0. The van der Waals surface area contributed by atoms with Crippen LogP contribution < -0.4 is 0 Å². The van der Waals surface area contributed by atoms with E-state index in [2.05, 4.69) is 46.9 Å². The van der Waals surface area contributed by atoms with E-state index < -0.39 is 14.4 Å². The van der Waals surface area contributed by atoms with Crippen molar-refractivity contribution in [2.24, 2.45) is 11.8 Å². The lowest BCUT2D eigenvalue weighted by Crippen LogP contribution is -2.45. The van der Waals surface area contributed by atoms with Gasteiger partial charge in [0.05, 0.1) is 19.3 Å². The Kier molecular flexibility index (Phi) is 13.1. The highest BCUT2D eigenvalue weighted by Gasteiger charge is 2.46. The number of ketones is 1. The van der Waals surface area contributed by atoms with Crippen LogP contribution in [0.15, 0.2) is 12.2 Å². The van der Waals surface area contributed by atoms with Gasteiger partial charge in [0, 0.05) is 24.7 Å². The molecule has 0 bridgehead atoms. The van der Waals surface area contributed by atoms with E-state index in [-0.39, 0.29) is 28.9 Å². The summed E-state index contributed by atoms with van der Waals surface area (Å²) in [6, 6.07) is 0. The Labute approximate surface area is 203 Å². The van der Waals surface area contributed by atoms with E-state index in [1.807, 2.05) is 6.08 Å². The van der Waals surface area contributed by atoms with Gasteiger partial charge in [-0.25, -0.2) is 0 Å². The Morgan fingerprint density at radius 2 is 1.82 bits per heavy atom. The van der Waals surface area contributed by atoms with Gasteiger partial charge in [0.1, 0.15) is 5.78 Å². The molecule has 0 spiro atoms. The van der Waals surface area contributed by atoms with Crippen LogP contribution in [0.3, 0.4) is 0 Å². The topological polar surface area (TPSA) is 72.8 Å². The lowest BCUT2D eigenvalue weighted by atomic mass is 9.88. The number of aliphatic hydroxyl groups excluding tert-OH is 1. The van der Waals surface area contributed by atoms with Gasteiger partial charge in [-0.15, -0.1) is 0 Å². The standard InChI is InChI=1S/C27H50O5Si/c1-8-9-12-15-21(28)18-19-23-22(16-13-10-11-14-17-26(30)31-5)24(29)20-25(23)32-33(6,7)27(2,3)4/h18-19,21-23,25,28H,8-17,20H2,1-7H3/t21-,22+,23+,25+/m0/s1. The minimum atomic E-state index is -2.01. The summed E-state index contributed by atoms with van der Waals surface area (Å²) in [5.74, 6) is 0.125. The van der Waals surface area contributed by atoms with E-state index in [4.69, 9.17) is 9.16 Å². The average Bonchev–Trinajstić information content (AvgIpc) is 3.01. The Morgan fingerprint density at radius 3 is 2.42 bits per heavy atom. The fourth-order valence-electron chi connectivity index (χ4n) is 4.29. The first-order valence-corrected chi connectivity index (χ1v) is 16.0. The highest BCUT2D eigenvalue weighted by atomic mass is 28.4. The number of aliphatic hydroxyl groups is 1. The third kappa shape index (κ3) is 10.4. The van der Waals surface area contributed by atoms with Crippen molar-refractivity contribution in [3.8, 4) is 0 Å². The Hall–Kier alpha value is -0.983. The molecule has 5 nitrogen and oxygen atoms in total. The zero-order valence-corrected chi connectivity index (χ0v) is 23.3. The van der Waals surface area contributed by atoms with Gasteiger partial charge < -0.3 is 14.3 Å². The van der Waals surface area contributed by atoms with Gasteiger partial charge >= 0.3 is 5.97 Å². The molecule has 4 atom stereocenters. The van der Waals surface area contributed by atoms with Crippen LogP contribution in [0, 0.1) is 11.8 Å². The van der Waals surface area contributed by atoms with E-state index >= 15 is 0 Å². The minimum absolute atomic E-state index is 0.0301. The number of hydrogen-bond acceptors (Lipinski definition) is 5. The quantitative estimate of drug-likeness (QED) is 0.123. The highest BCUT2D eigenvalue weighted by Crippen LogP contribution is 2.43. The van der Waals surface area contributed by atoms with Gasteiger partial charge in [-0.2, -0.15) is 0 Å². The molecule has 0 aromatic rings. The van der Waals surface area contributed by atoms with Crippen LogP contribution in [0.4, 0.5) is 0 Å². The number of esters is 1. The molecule has 0 amide bonds. The molecule has 1 rings (SSSR count). The maximum atomic E-state index is 13.0. The fourth-order valence-corrected chi connectivity index (χ4v) is 5.64. The number of carbonyl (C=O) groups excluding carboxylic acids is 2. The van der Waals surface area contributed by atoms with Crippen molar-refractivity contribution in [1.29, 1.82) is 0 Å². The third-order valence-electron chi connectivity index (χ3n) is 7.49. The van der Waals surface area contributed by atoms with Crippen LogP contribution in [-0.4, -0.2) is 44.5 Å². The van der Waals surface area contributed by atoms with Crippen molar-refractivity contribution in [3.63, 3.8) is 0 Å². The van der Waals surface area contributed by atoms with Gasteiger partial charge in [-0.3, -0.25) is 9.59 Å². The average molecular weight is 483 g/mol. The van der Waals surface area contributed by atoms with E-state index in [1.165, 1.54) is 7.11 Å². The number of methoxy groups -OCH3 is 1. The zero-order valence-electron chi connectivity index (χ0n) is 22.3. The number of unbranched alkanes of at least 4 members (excludes halogenated alkanes) is 5. The second-order valence-electron chi connectivity index (χ2n) is 11.2. The van der Waals surface area contributed by atoms with Crippen LogP contribution in [-0.2, 0) is 18.8 Å². The second kappa shape index (κ2) is 14.4. The molecule has 1 aliphatic rings. The monoisotopic (exact) mass is 482 g/mol. The van der Waals surface area contributed by atoms with Crippen molar-refractivity contribution in [2.45, 2.75) is 129 Å². The normalized spacial score (nSPS) is 22.8. The van der Waals surface area contributed by atoms with E-state index in [0.29, 0.717) is 18.6 Å². The molecule has 0 aromatic carbocycles. The van der Waals surface area contributed by atoms with Gasteiger partial charge in [0.15, 0.2) is 8.32 Å². The number of hydrogen-bond donors (Lipinski definition) is 1. The molecule has 0 saturated heterocycles. The van der Waals surface area contributed by atoms with E-state index in [1.54, 1.807) is 0 Å². The van der Waals surface area contributed by atoms with Crippen molar-refractivity contribution in [2.75, 3.05) is 7.11 Å². The molecule has 0 radical (unpaired) electrons. The van der Waals surface area contributed by atoms with Crippen LogP contribution >= 0.6 is 0 Å². The number of ether oxygens (including phenoxy) is 1. The third-order valence-corrected chi connectivity index (χ3v) is 12.0. The highest BCUT2D eigenvalue weighted by molar-refractivity contribution is 6.74. The minimum Gasteiger partial charge on any atom is -0.469 e. The van der Waals surface area contributed by atoms with E-state index in [9.17, 15) is 14.7 Å². The zero-order chi connectivity index (χ0) is 25.1. The summed E-state index contributed by atoms with van der Waals surface area (Å²) in [5, 5.41) is 10.5. The summed E-state index contributed by atoms with van der Waals surface area (Å²) in [4.78, 5) is 24.3. The molecular formula is C27H50O5Si. The maximum Gasteiger partial charge on any atom is 0.305 e. The maximum absolute atomic E-state index is 13.0. The molecule has 0 aromatic heterocycles. The molecule has 0 aliphatic heterocycles. The summed E-state index contributed by atoms with van der Waals surface area (Å²) in [6.45, 7) is 13.3. The van der Waals surface area contributed by atoms with Gasteiger partial charge in [-0.1, -0.05) is 78.4 Å². The molecule has 1 fully saturated rings. The lowest BCUT2D eigenvalue weighted by molar-refractivity contribution is -0.140. The molecule has 192 valence electrons. The second-order valence-corrected chi connectivity index (χ2v) is 16.0. The molecule has 1 aliphatic carbocycles. The van der Waals surface area contributed by atoms with Gasteiger partial charge in [0.25, 0.3) is 0 Å². The SMILES string of the molecule is CCCCC[C@H](O)C=C[C@H]1[C@H](O[Si](C)(C)C(C)(C)C)CC(=O)[C@@H]1CCCCCCC(=O)OC. The molecule has 1 N–H and O–H groups in total. The molecule has 6 heteroatoms. The summed E-state index contributed by atoms with van der Waals surface area (Å²) in [5.41, 5.74) is 0. The van der Waals surface area contributed by atoms with Crippen LogP contribution in [0.5, 0.6) is 0 Å². The fraction of sp³-hybridized carbons (Fsp3) is 0.852. The van der Waals surface area contributed by atoms with Gasteiger partial charge in [0.2, 0.25) is 0 Å². The molecule has 33 heavy (non-hydrogen) atoms. The molecule has 0 unspecified atom stereocenters. The lowest BCUT2D eigenvalue weighted by Gasteiger charge is -2.39. The van der Waals surface area contributed by atoms with Crippen molar-refractivity contribution < 1.29 is 23.9 Å². The predicted octanol–water partition coefficient (Wildman–Crippen LogP) is 6.59. The predicted molar refractivity (Wildman–Crippen MR) is 138 cm³/mol. The Bertz CT molecular complexity index is 622. The molecule has 0 heterocycles. The van der Waals surface area contributed by atoms with Crippen LogP contribution in [0.1, 0.15) is 98.3 Å². The van der Waals surface area contributed by atoms with E-state index in [0.717, 1.165) is 57.8 Å². The molecular weight excluding hydrogens is 432 g/mol. The number of rotatable bonds is 15. The Morgan fingerprint density at radius 1 is 1.15 bits per heavy atom. The van der Waals surface area contributed by atoms with Crippen LogP contribution in [0.25, 0.3) is 0 Å². The smallest absolute Gasteiger partial charge is 0.305 e. The van der Waals surface area contributed by atoms with Crippen molar-refractivity contribution in [1.82, 2.24) is 0 Å². The number of Topliss-reactive ketones (excluding diaryl/α,β-unsaturated/α-hetero) is 1. The molecule has 1 saturated carbocycles. The first-order valence-electron chi connectivity index (χ1n) is 13.1. The summed E-state index contributed by atoms with van der Waals surface area (Å²) < 4.78 is 11.4. The first kappa shape index (κ1) is 30.0. The largest absolute Gasteiger partial charge is 0.469 e. The number of carbonyl (C=O) groups is 2.